The lowest BCUT2D eigenvalue weighted by Gasteiger charge is -2.36. The molecular formula is C11H25N. The van der Waals surface area contributed by atoms with E-state index in [1.165, 1.54) is 25.8 Å². The maximum Gasteiger partial charge on any atom is 0.00920 e. The molecule has 0 aromatic carbocycles. The number of nitrogens with zero attached hydrogens (tertiary/aromatic N) is 1. The van der Waals surface area contributed by atoms with Crippen LogP contribution in [0.4, 0.5) is 0 Å². The fraction of sp³-hybridized carbons (Fsp3) is 1.00. The Bertz CT molecular complexity index is 101. The standard InChI is InChI=1S/C9H19N.C2H6/c1-4-9-6-5-7-10(3)8(9)2;1-2/h8-9H,4-7H2,1-3H3;1-2H3. The minimum atomic E-state index is 0.818. The van der Waals surface area contributed by atoms with Crippen molar-refractivity contribution in [3.8, 4) is 0 Å². The summed E-state index contributed by atoms with van der Waals surface area (Å²) in [4.78, 5) is 2.48. The van der Waals surface area contributed by atoms with E-state index in [1.807, 2.05) is 13.8 Å². The molecule has 1 fully saturated rings. The first-order valence-corrected chi connectivity index (χ1v) is 5.46. The molecule has 1 heterocycles. The van der Waals surface area contributed by atoms with Crippen molar-refractivity contribution in [2.75, 3.05) is 13.6 Å². The molecule has 2 atom stereocenters. The van der Waals surface area contributed by atoms with Crippen LogP contribution in [0.3, 0.4) is 0 Å². The predicted molar refractivity (Wildman–Crippen MR) is 56.5 cm³/mol. The molecule has 0 amide bonds. The van der Waals surface area contributed by atoms with Crippen LogP contribution in [-0.2, 0) is 0 Å². The van der Waals surface area contributed by atoms with E-state index in [-0.39, 0.29) is 0 Å². The normalized spacial score (nSPS) is 30.8. The maximum absolute atomic E-state index is 2.48. The van der Waals surface area contributed by atoms with Crippen LogP contribution in [0, 0.1) is 5.92 Å². The van der Waals surface area contributed by atoms with Crippen LogP contribution in [0.1, 0.15) is 47.0 Å². The van der Waals surface area contributed by atoms with Crippen molar-refractivity contribution in [3.63, 3.8) is 0 Å². The number of hydrogen-bond acceptors (Lipinski definition) is 1. The van der Waals surface area contributed by atoms with E-state index >= 15 is 0 Å². The molecule has 0 N–H and O–H groups in total. The molecule has 1 nitrogen and oxygen atoms in total. The lowest BCUT2D eigenvalue weighted by Crippen LogP contribution is -2.40. The van der Waals surface area contributed by atoms with Gasteiger partial charge in [0.2, 0.25) is 0 Å². The summed E-state index contributed by atoms with van der Waals surface area (Å²) >= 11 is 0. The molecule has 1 aliphatic heterocycles. The molecule has 0 bridgehead atoms. The Labute approximate surface area is 78.1 Å². The van der Waals surface area contributed by atoms with E-state index in [1.54, 1.807) is 0 Å². The Kier molecular flexibility index (Phi) is 6.45. The molecule has 0 aromatic heterocycles. The summed E-state index contributed by atoms with van der Waals surface area (Å²) in [5.74, 6) is 0.957. The Morgan fingerprint density at radius 3 is 2.33 bits per heavy atom. The van der Waals surface area contributed by atoms with E-state index in [4.69, 9.17) is 0 Å². The third-order valence-electron chi connectivity index (χ3n) is 2.99. The van der Waals surface area contributed by atoms with Crippen molar-refractivity contribution in [1.29, 1.82) is 0 Å². The van der Waals surface area contributed by atoms with Crippen molar-refractivity contribution in [2.24, 2.45) is 5.92 Å². The smallest absolute Gasteiger partial charge is 0.00920 e. The zero-order valence-corrected chi connectivity index (χ0v) is 9.43. The SMILES string of the molecule is CC.CCC1CCCN(C)C1C. The van der Waals surface area contributed by atoms with Gasteiger partial charge in [-0.05, 0) is 39.3 Å². The van der Waals surface area contributed by atoms with Gasteiger partial charge in [-0.3, -0.25) is 0 Å². The molecule has 1 heteroatoms. The van der Waals surface area contributed by atoms with Crippen LogP contribution < -0.4 is 0 Å². The molecule has 0 aromatic rings. The zero-order valence-electron chi connectivity index (χ0n) is 9.43. The van der Waals surface area contributed by atoms with Crippen LogP contribution >= 0.6 is 0 Å². The van der Waals surface area contributed by atoms with Gasteiger partial charge in [-0.1, -0.05) is 27.2 Å². The summed E-state index contributed by atoms with van der Waals surface area (Å²) in [7, 11) is 2.24. The molecule has 0 aliphatic carbocycles. The van der Waals surface area contributed by atoms with Crippen LogP contribution in [0.25, 0.3) is 0 Å². The molecular weight excluding hydrogens is 146 g/mol. The number of piperidine rings is 1. The maximum atomic E-state index is 2.48. The number of likely N-dealkylation sites (tertiary alicyclic amines) is 1. The zero-order chi connectivity index (χ0) is 9.56. The van der Waals surface area contributed by atoms with Crippen LogP contribution in [-0.4, -0.2) is 24.5 Å². The lowest BCUT2D eigenvalue weighted by atomic mass is 9.89. The van der Waals surface area contributed by atoms with E-state index < -0.39 is 0 Å². The molecule has 1 aliphatic rings. The molecule has 1 rings (SSSR count). The van der Waals surface area contributed by atoms with Crippen LogP contribution in [0.15, 0.2) is 0 Å². The van der Waals surface area contributed by atoms with Gasteiger partial charge < -0.3 is 4.90 Å². The summed E-state index contributed by atoms with van der Waals surface area (Å²) in [6.07, 6.45) is 4.20. The average Bonchev–Trinajstić information content (AvgIpc) is 2.13. The topological polar surface area (TPSA) is 3.24 Å². The first kappa shape index (κ1) is 12.0. The number of hydrogen-bond donors (Lipinski definition) is 0. The molecule has 12 heavy (non-hydrogen) atoms. The van der Waals surface area contributed by atoms with Crippen molar-refractivity contribution in [1.82, 2.24) is 4.90 Å². The second kappa shape index (κ2) is 6.47. The fourth-order valence-corrected chi connectivity index (χ4v) is 1.95. The summed E-state index contributed by atoms with van der Waals surface area (Å²) in [5, 5.41) is 0. The van der Waals surface area contributed by atoms with E-state index in [2.05, 4.69) is 25.8 Å². The second-order valence-electron chi connectivity index (χ2n) is 3.53. The number of rotatable bonds is 1. The Morgan fingerprint density at radius 1 is 1.33 bits per heavy atom. The van der Waals surface area contributed by atoms with Gasteiger partial charge in [-0.15, -0.1) is 0 Å². The highest BCUT2D eigenvalue weighted by molar-refractivity contribution is 4.77. The summed E-state index contributed by atoms with van der Waals surface area (Å²) < 4.78 is 0. The highest BCUT2D eigenvalue weighted by atomic mass is 15.1. The molecule has 74 valence electrons. The quantitative estimate of drug-likeness (QED) is 0.586. The van der Waals surface area contributed by atoms with Gasteiger partial charge >= 0.3 is 0 Å². The van der Waals surface area contributed by atoms with E-state index in [0.29, 0.717) is 0 Å². The predicted octanol–water partition coefficient (Wildman–Crippen LogP) is 3.15. The summed E-state index contributed by atoms with van der Waals surface area (Å²) in [6.45, 7) is 9.96. The third kappa shape index (κ3) is 3.14. The van der Waals surface area contributed by atoms with Gasteiger partial charge in [-0.2, -0.15) is 0 Å². The molecule has 0 spiro atoms. The minimum Gasteiger partial charge on any atom is -0.303 e. The monoisotopic (exact) mass is 171 g/mol. The fourth-order valence-electron chi connectivity index (χ4n) is 1.95. The third-order valence-corrected chi connectivity index (χ3v) is 2.99. The highest BCUT2D eigenvalue weighted by Crippen LogP contribution is 2.24. The largest absolute Gasteiger partial charge is 0.303 e. The van der Waals surface area contributed by atoms with Gasteiger partial charge in [0.25, 0.3) is 0 Å². The molecule has 2 unspecified atom stereocenters. The van der Waals surface area contributed by atoms with Gasteiger partial charge in [0.05, 0.1) is 0 Å². The highest BCUT2D eigenvalue weighted by Gasteiger charge is 2.23. The lowest BCUT2D eigenvalue weighted by molar-refractivity contribution is 0.131. The van der Waals surface area contributed by atoms with Gasteiger partial charge in [0.15, 0.2) is 0 Å². The van der Waals surface area contributed by atoms with Crippen LogP contribution in [0.5, 0.6) is 0 Å². The van der Waals surface area contributed by atoms with Crippen LogP contribution in [0.2, 0.25) is 0 Å². The molecule has 1 saturated heterocycles. The van der Waals surface area contributed by atoms with Gasteiger partial charge in [0.1, 0.15) is 0 Å². The van der Waals surface area contributed by atoms with E-state index in [9.17, 15) is 0 Å². The summed E-state index contributed by atoms with van der Waals surface area (Å²) in [5.41, 5.74) is 0. The van der Waals surface area contributed by atoms with Gasteiger partial charge in [0, 0.05) is 6.04 Å². The van der Waals surface area contributed by atoms with Crippen molar-refractivity contribution >= 4 is 0 Å². The molecule has 0 radical (unpaired) electrons. The van der Waals surface area contributed by atoms with Crippen molar-refractivity contribution in [3.05, 3.63) is 0 Å². The Hall–Kier alpha value is -0.0400. The van der Waals surface area contributed by atoms with E-state index in [0.717, 1.165) is 12.0 Å². The first-order chi connectivity index (χ1) is 5.75. The summed E-state index contributed by atoms with van der Waals surface area (Å²) in [6, 6.07) is 0.818. The van der Waals surface area contributed by atoms with Gasteiger partial charge in [-0.25, -0.2) is 0 Å². The first-order valence-electron chi connectivity index (χ1n) is 5.46. The Morgan fingerprint density at radius 2 is 1.92 bits per heavy atom. The molecule has 0 saturated carbocycles. The second-order valence-corrected chi connectivity index (χ2v) is 3.53. The van der Waals surface area contributed by atoms with Crippen molar-refractivity contribution < 1.29 is 0 Å². The Balaban J connectivity index is 0.000000561. The van der Waals surface area contributed by atoms with Crippen molar-refractivity contribution in [2.45, 2.75) is 53.0 Å². The average molecular weight is 171 g/mol. The minimum absolute atomic E-state index is 0.818.